The van der Waals surface area contributed by atoms with Gasteiger partial charge < -0.3 is 10.1 Å². The molecule has 1 fully saturated rings. The van der Waals surface area contributed by atoms with Crippen LogP contribution in [-0.2, 0) is 21.3 Å². The Labute approximate surface area is 126 Å². The summed E-state index contributed by atoms with van der Waals surface area (Å²) in [4.78, 5) is 0.214. The molecule has 1 aliphatic rings. The Morgan fingerprint density at radius 2 is 2.19 bits per heavy atom. The van der Waals surface area contributed by atoms with Crippen LogP contribution in [0.1, 0.15) is 19.8 Å². The molecule has 1 aliphatic heterocycles. The Bertz CT molecular complexity index is 544. The van der Waals surface area contributed by atoms with Crippen molar-refractivity contribution in [3.05, 3.63) is 12.4 Å². The van der Waals surface area contributed by atoms with E-state index in [1.54, 1.807) is 18.0 Å². The van der Waals surface area contributed by atoms with Crippen molar-refractivity contribution in [1.29, 1.82) is 0 Å². The summed E-state index contributed by atoms with van der Waals surface area (Å²) < 4.78 is 34.3. The van der Waals surface area contributed by atoms with E-state index in [1.165, 1.54) is 6.20 Å². The second-order valence-corrected chi connectivity index (χ2v) is 7.31. The summed E-state index contributed by atoms with van der Waals surface area (Å²) >= 11 is 0. The molecule has 0 unspecified atom stereocenters. The summed E-state index contributed by atoms with van der Waals surface area (Å²) in [7, 11) is -1.86. The van der Waals surface area contributed by atoms with Crippen molar-refractivity contribution in [2.45, 2.75) is 31.2 Å². The summed E-state index contributed by atoms with van der Waals surface area (Å²) in [6.45, 7) is 5.29. The highest BCUT2D eigenvalue weighted by Gasteiger charge is 2.33. The average molecular weight is 316 g/mol. The SMILES string of the molecule is CCn1cc(S(=O)(=O)NCC2(COC)CCNCC2)cn1. The fourth-order valence-corrected chi connectivity index (χ4v) is 3.73. The van der Waals surface area contributed by atoms with Crippen molar-refractivity contribution in [3.8, 4) is 0 Å². The van der Waals surface area contributed by atoms with Crippen LogP contribution in [0.5, 0.6) is 0 Å². The molecule has 1 aromatic heterocycles. The van der Waals surface area contributed by atoms with Crippen molar-refractivity contribution in [3.63, 3.8) is 0 Å². The molecule has 0 bridgehead atoms. The first-order valence-corrected chi connectivity index (χ1v) is 8.71. The second kappa shape index (κ2) is 6.87. The fourth-order valence-electron chi connectivity index (χ4n) is 2.62. The minimum Gasteiger partial charge on any atom is -0.384 e. The molecular weight excluding hydrogens is 292 g/mol. The standard InChI is InChI=1S/C13H24N4O3S/c1-3-17-9-12(8-15-17)21(18,19)16-10-13(11-20-2)4-6-14-7-5-13/h8-9,14,16H,3-7,10-11H2,1-2H3. The number of aryl methyl sites for hydroxylation is 1. The predicted molar refractivity (Wildman–Crippen MR) is 79.5 cm³/mol. The first-order chi connectivity index (χ1) is 10.0. The third kappa shape index (κ3) is 4.03. The number of piperidine rings is 1. The van der Waals surface area contributed by atoms with Crippen LogP contribution in [-0.4, -0.2) is 51.5 Å². The predicted octanol–water partition coefficient (Wildman–Crippen LogP) is 0.198. The molecule has 1 aromatic rings. The number of hydrogen-bond acceptors (Lipinski definition) is 5. The van der Waals surface area contributed by atoms with Gasteiger partial charge in [0.05, 0.1) is 12.8 Å². The molecule has 0 atom stereocenters. The van der Waals surface area contributed by atoms with Gasteiger partial charge in [0.1, 0.15) is 4.90 Å². The number of ether oxygens (including phenoxy) is 1. The van der Waals surface area contributed by atoms with Gasteiger partial charge in [0.2, 0.25) is 10.0 Å². The molecule has 2 heterocycles. The number of hydrogen-bond donors (Lipinski definition) is 2. The van der Waals surface area contributed by atoms with Crippen LogP contribution in [0.3, 0.4) is 0 Å². The number of aromatic nitrogens is 2. The van der Waals surface area contributed by atoms with Crippen molar-refractivity contribution in [2.24, 2.45) is 5.41 Å². The van der Waals surface area contributed by atoms with E-state index in [4.69, 9.17) is 4.74 Å². The minimum absolute atomic E-state index is 0.131. The summed E-state index contributed by atoms with van der Waals surface area (Å²) in [5.74, 6) is 0. The largest absolute Gasteiger partial charge is 0.384 e. The lowest BCUT2D eigenvalue weighted by molar-refractivity contribution is 0.0577. The molecule has 120 valence electrons. The van der Waals surface area contributed by atoms with Gasteiger partial charge in [-0.15, -0.1) is 0 Å². The van der Waals surface area contributed by atoms with Crippen molar-refractivity contribution >= 4 is 10.0 Å². The monoisotopic (exact) mass is 316 g/mol. The number of rotatable bonds is 7. The maximum Gasteiger partial charge on any atom is 0.243 e. The van der Waals surface area contributed by atoms with Crippen LogP contribution in [0.25, 0.3) is 0 Å². The summed E-state index contributed by atoms with van der Waals surface area (Å²) in [6, 6.07) is 0. The Morgan fingerprint density at radius 1 is 1.48 bits per heavy atom. The molecule has 7 nitrogen and oxygen atoms in total. The van der Waals surface area contributed by atoms with E-state index in [0.29, 0.717) is 19.7 Å². The zero-order valence-corrected chi connectivity index (χ0v) is 13.4. The van der Waals surface area contributed by atoms with Gasteiger partial charge in [-0.25, -0.2) is 13.1 Å². The van der Waals surface area contributed by atoms with Crippen LogP contribution >= 0.6 is 0 Å². The Morgan fingerprint density at radius 3 is 2.76 bits per heavy atom. The van der Waals surface area contributed by atoms with Crippen LogP contribution in [0.2, 0.25) is 0 Å². The Balaban J connectivity index is 2.05. The van der Waals surface area contributed by atoms with Gasteiger partial charge in [-0.1, -0.05) is 0 Å². The summed E-state index contributed by atoms with van der Waals surface area (Å²) in [5, 5.41) is 7.30. The van der Waals surface area contributed by atoms with Crippen LogP contribution in [0.15, 0.2) is 17.3 Å². The molecule has 0 spiro atoms. The van der Waals surface area contributed by atoms with Gasteiger partial charge in [-0.05, 0) is 32.9 Å². The zero-order chi connectivity index (χ0) is 15.3. The highest BCUT2D eigenvalue weighted by Crippen LogP contribution is 2.28. The number of methoxy groups -OCH3 is 1. The molecule has 2 N–H and O–H groups in total. The van der Waals surface area contributed by atoms with Gasteiger partial charge in [-0.2, -0.15) is 5.10 Å². The van der Waals surface area contributed by atoms with Crippen molar-refractivity contribution in [1.82, 2.24) is 19.8 Å². The molecule has 2 rings (SSSR count). The van der Waals surface area contributed by atoms with Gasteiger partial charge >= 0.3 is 0 Å². The topological polar surface area (TPSA) is 85.2 Å². The molecule has 0 saturated carbocycles. The third-order valence-corrected chi connectivity index (χ3v) is 5.35. The van der Waals surface area contributed by atoms with Gasteiger partial charge in [0.25, 0.3) is 0 Å². The lowest BCUT2D eigenvalue weighted by Crippen LogP contribution is -2.47. The van der Waals surface area contributed by atoms with E-state index < -0.39 is 10.0 Å². The molecule has 0 radical (unpaired) electrons. The second-order valence-electron chi connectivity index (χ2n) is 5.54. The number of sulfonamides is 1. The normalized spacial score (nSPS) is 18.8. The molecule has 0 aromatic carbocycles. The zero-order valence-electron chi connectivity index (χ0n) is 12.6. The molecular formula is C13H24N4O3S. The highest BCUT2D eigenvalue weighted by molar-refractivity contribution is 7.89. The fraction of sp³-hybridized carbons (Fsp3) is 0.769. The van der Waals surface area contributed by atoms with Crippen LogP contribution < -0.4 is 10.0 Å². The smallest absolute Gasteiger partial charge is 0.243 e. The quantitative estimate of drug-likeness (QED) is 0.750. The van der Waals surface area contributed by atoms with E-state index in [2.05, 4.69) is 15.1 Å². The molecule has 0 amide bonds. The van der Waals surface area contributed by atoms with E-state index in [1.807, 2.05) is 6.92 Å². The Kier molecular flexibility index (Phi) is 5.37. The maximum absolute atomic E-state index is 12.3. The molecule has 8 heteroatoms. The summed E-state index contributed by atoms with van der Waals surface area (Å²) in [5.41, 5.74) is -0.131. The molecule has 1 saturated heterocycles. The van der Waals surface area contributed by atoms with Crippen LogP contribution in [0, 0.1) is 5.41 Å². The lowest BCUT2D eigenvalue weighted by Gasteiger charge is -2.37. The van der Waals surface area contributed by atoms with Crippen LogP contribution in [0.4, 0.5) is 0 Å². The van der Waals surface area contributed by atoms with Crippen molar-refractivity contribution in [2.75, 3.05) is 33.4 Å². The molecule has 0 aliphatic carbocycles. The van der Waals surface area contributed by atoms with E-state index in [-0.39, 0.29) is 10.3 Å². The third-order valence-electron chi connectivity index (χ3n) is 4.00. The van der Waals surface area contributed by atoms with Gasteiger partial charge in [0, 0.05) is 31.8 Å². The van der Waals surface area contributed by atoms with Gasteiger partial charge in [0.15, 0.2) is 0 Å². The van der Waals surface area contributed by atoms with Gasteiger partial charge in [-0.3, -0.25) is 4.68 Å². The number of nitrogens with zero attached hydrogens (tertiary/aromatic N) is 2. The van der Waals surface area contributed by atoms with E-state index in [0.717, 1.165) is 25.9 Å². The van der Waals surface area contributed by atoms with E-state index >= 15 is 0 Å². The summed E-state index contributed by atoms with van der Waals surface area (Å²) in [6.07, 6.45) is 4.74. The number of nitrogens with one attached hydrogen (secondary N) is 2. The van der Waals surface area contributed by atoms with E-state index in [9.17, 15) is 8.42 Å². The first kappa shape index (κ1) is 16.4. The average Bonchev–Trinajstić information content (AvgIpc) is 2.97. The minimum atomic E-state index is -3.51. The first-order valence-electron chi connectivity index (χ1n) is 7.23. The maximum atomic E-state index is 12.3. The van der Waals surface area contributed by atoms with Crippen molar-refractivity contribution < 1.29 is 13.2 Å². The highest BCUT2D eigenvalue weighted by atomic mass is 32.2. The Hall–Kier alpha value is -0.960. The molecule has 21 heavy (non-hydrogen) atoms. The lowest BCUT2D eigenvalue weighted by atomic mass is 9.80.